The van der Waals surface area contributed by atoms with Crippen LogP contribution < -0.4 is 5.32 Å². The van der Waals surface area contributed by atoms with Crippen LogP contribution in [0.15, 0.2) is 0 Å². The summed E-state index contributed by atoms with van der Waals surface area (Å²) in [5.74, 6) is 0. The van der Waals surface area contributed by atoms with Gasteiger partial charge in [0.1, 0.15) is 0 Å². The first kappa shape index (κ1) is 11.5. The van der Waals surface area contributed by atoms with Crippen molar-refractivity contribution >= 4 is 0 Å². The van der Waals surface area contributed by atoms with Gasteiger partial charge >= 0.3 is 0 Å². The minimum atomic E-state index is -0.189. The number of hydrogen-bond acceptors (Lipinski definition) is 3. The maximum atomic E-state index is 9.04. The molecule has 0 aromatic carbocycles. The maximum absolute atomic E-state index is 9.04. The van der Waals surface area contributed by atoms with E-state index in [0.717, 1.165) is 25.9 Å². The van der Waals surface area contributed by atoms with E-state index in [2.05, 4.69) is 11.4 Å². The van der Waals surface area contributed by atoms with E-state index in [0.29, 0.717) is 11.8 Å². The molecule has 80 valence electrons. The average Bonchev–Trinajstić information content (AvgIpc) is 2.85. The molecule has 1 rings (SSSR count). The molecular weight excluding hydrogens is 176 g/mol. The van der Waals surface area contributed by atoms with Crippen LogP contribution >= 0.6 is 0 Å². The zero-order valence-electron chi connectivity index (χ0n) is 8.92. The number of nitrogens with one attached hydrogen (secondary N) is 1. The molecule has 0 aromatic heterocycles. The highest BCUT2D eigenvalue weighted by atomic mass is 16.3. The van der Waals surface area contributed by atoms with Crippen LogP contribution in [0.5, 0.6) is 0 Å². The topological polar surface area (TPSA) is 56.0 Å². The van der Waals surface area contributed by atoms with Crippen LogP contribution in [0.3, 0.4) is 0 Å². The van der Waals surface area contributed by atoms with Gasteiger partial charge in [-0.2, -0.15) is 5.26 Å². The van der Waals surface area contributed by atoms with E-state index >= 15 is 0 Å². The molecule has 1 aliphatic carbocycles. The smallest absolute Gasteiger partial charge is 0.0628 e. The molecular formula is C11H20N2O. The van der Waals surface area contributed by atoms with E-state index in [9.17, 15) is 0 Å². The molecule has 0 bridgehead atoms. The molecule has 3 nitrogen and oxygen atoms in total. The van der Waals surface area contributed by atoms with Crippen LogP contribution in [0.1, 0.15) is 39.0 Å². The Kier molecular flexibility index (Phi) is 4.37. The number of nitrogens with zero attached hydrogens (tertiary/aromatic N) is 1. The van der Waals surface area contributed by atoms with E-state index in [1.807, 2.05) is 6.92 Å². The third-order valence-electron chi connectivity index (χ3n) is 2.89. The van der Waals surface area contributed by atoms with Crippen molar-refractivity contribution in [2.24, 2.45) is 5.41 Å². The van der Waals surface area contributed by atoms with Gasteiger partial charge in [-0.15, -0.1) is 0 Å². The predicted octanol–water partition coefficient (Wildman–Crippen LogP) is 1.43. The number of hydrogen-bond donors (Lipinski definition) is 2. The summed E-state index contributed by atoms with van der Waals surface area (Å²) in [7, 11) is 0. The summed E-state index contributed by atoms with van der Waals surface area (Å²) in [6, 6.07) is 2.25. The number of aliphatic hydroxyl groups is 1. The zero-order chi connectivity index (χ0) is 10.4. The van der Waals surface area contributed by atoms with Crippen molar-refractivity contribution in [3.8, 4) is 6.07 Å². The molecule has 0 saturated heterocycles. The molecule has 2 N–H and O–H groups in total. The Morgan fingerprint density at radius 2 is 2.29 bits per heavy atom. The second-order valence-electron chi connectivity index (χ2n) is 4.50. The Hall–Kier alpha value is -0.590. The lowest BCUT2D eigenvalue weighted by Crippen LogP contribution is -2.25. The molecule has 0 radical (unpaired) electrons. The Bertz CT molecular complexity index is 204. The summed E-state index contributed by atoms with van der Waals surface area (Å²) in [4.78, 5) is 0. The molecule has 0 spiro atoms. The highest BCUT2D eigenvalue weighted by Gasteiger charge is 2.41. The van der Waals surface area contributed by atoms with Crippen LogP contribution in [0, 0.1) is 16.7 Å². The van der Waals surface area contributed by atoms with Crippen LogP contribution in [-0.2, 0) is 0 Å². The van der Waals surface area contributed by atoms with E-state index in [1.165, 1.54) is 12.8 Å². The van der Waals surface area contributed by atoms with Crippen molar-refractivity contribution in [3.05, 3.63) is 0 Å². The van der Waals surface area contributed by atoms with E-state index in [4.69, 9.17) is 10.4 Å². The number of aliphatic hydroxyl groups excluding tert-OH is 1. The summed E-state index contributed by atoms with van der Waals surface area (Å²) in [6.07, 6.45) is 4.77. The summed E-state index contributed by atoms with van der Waals surface area (Å²) >= 11 is 0. The van der Waals surface area contributed by atoms with E-state index < -0.39 is 0 Å². The summed E-state index contributed by atoms with van der Waals surface area (Å²) in [5.41, 5.74) is 0.305. The highest BCUT2D eigenvalue weighted by Crippen LogP contribution is 2.47. The van der Waals surface area contributed by atoms with Crippen molar-refractivity contribution in [1.29, 1.82) is 5.26 Å². The summed E-state index contributed by atoms with van der Waals surface area (Å²) in [6.45, 7) is 3.75. The minimum Gasteiger partial charge on any atom is -0.393 e. The Morgan fingerprint density at radius 1 is 1.57 bits per heavy atom. The molecule has 1 fully saturated rings. The summed E-state index contributed by atoms with van der Waals surface area (Å²) in [5, 5.41) is 21.0. The van der Waals surface area contributed by atoms with Crippen molar-refractivity contribution in [2.75, 3.05) is 13.1 Å². The van der Waals surface area contributed by atoms with Gasteiger partial charge in [0.25, 0.3) is 0 Å². The lowest BCUT2D eigenvalue weighted by atomic mass is 10.0. The van der Waals surface area contributed by atoms with Crippen molar-refractivity contribution in [3.63, 3.8) is 0 Å². The Labute approximate surface area is 86.1 Å². The van der Waals surface area contributed by atoms with Gasteiger partial charge in [0.2, 0.25) is 0 Å². The molecule has 1 unspecified atom stereocenters. The molecule has 0 amide bonds. The first-order chi connectivity index (χ1) is 6.68. The largest absolute Gasteiger partial charge is 0.393 e. The fourth-order valence-corrected chi connectivity index (χ4v) is 1.64. The second kappa shape index (κ2) is 5.33. The monoisotopic (exact) mass is 196 g/mol. The molecule has 3 heteroatoms. The van der Waals surface area contributed by atoms with Gasteiger partial charge < -0.3 is 10.4 Å². The fraction of sp³-hybridized carbons (Fsp3) is 0.909. The maximum Gasteiger partial charge on any atom is 0.0628 e. The standard InChI is InChI=1S/C11H20N2O/c1-10(14)3-2-8-13-9-11(4-5-11)6-7-12/h10,13-14H,2-6,8-9H2,1H3. The Morgan fingerprint density at radius 3 is 2.79 bits per heavy atom. The fourth-order valence-electron chi connectivity index (χ4n) is 1.64. The molecule has 1 aliphatic rings. The van der Waals surface area contributed by atoms with Gasteiger partial charge in [0, 0.05) is 13.0 Å². The number of rotatable bonds is 7. The van der Waals surface area contributed by atoms with Crippen molar-refractivity contribution in [2.45, 2.75) is 45.1 Å². The van der Waals surface area contributed by atoms with Crippen molar-refractivity contribution < 1.29 is 5.11 Å². The van der Waals surface area contributed by atoms with E-state index in [1.54, 1.807) is 0 Å². The van der Waals surface area contributed by atoms with Crippen LogP contribution in [0.25, 0.3) is 0 Å². The average molecular weight is 196 g/mol. The molecule has 1 atom stereocenters. The molecule has 14 heavy (non-hydrogen) atoms. The predicted molar refractivity (Wildman–Crippen MR) is 55.7 cm³/mol. The second-order valence-corrected chi connectivity index (χ2v) is 4.50. The SMILES string of the molecule is CC(O)CCCNCC1(CC#N)CC1. The van der Waals surface area contributed by atoms with Gasteiger partial charge in [-0.05, 0) is 44.6 Å². The first-order valence-electron chi connectivity index (χ1n) is 5.44. The highest BCUT2D eigenvalue weighted by molar-refractivity contribution is 5.00. The van der Waals surface area contributed by atoms with Gasteiger partial charge in [-0.1, -0.05) is 0 Å². The van der Waals surface area contributed by atoms with E-state index in [-0.39, 0.29) is 6.10 Å². The summed E-state index contributed by atoms with van der Waals surface area (Å²) < 4.78 is 0. The van der Waals surface area contributed by atoms with Gasteiger partial charge in [0.05, 0.1) is 12.2 Å². The van der Waals surface area contributed by atoms with Crippen LogP contribution in [0.2, 0.25) is 0 Å². The quantitative estimate of drug-likeness (QED) is 0.606. The van der Waals surface area contributed by atoms with Crippen LogP contribution in [-0.4, -0.2) is 24.3 Å². The lowest BCUT2D eigenvalue weighted by Gasteiger charge is -2.12. The molecule has 0 heterocycles. The molecule has 0 aliphatic heterocycles. The third-order valence-corrected chi connectivity index (χ3v) is 2.89. The third kappa shape index (κ3) is 4.08. The number of nitriles is 1. The molecule has 1 saturated carbocycles. The van der Waals surface area contributed by atoms with Gasteiger partial charge in [0.15, 0.2) is 0 Å². The molecule has 0 aromatic rings. The van der Waals surface area contributed by atoms with Gasteiger partial charge in [-0.25, -0.2) is 0 Å². The Balaban J connectivity index is 1.97. The van der Waals surface area contributed by atoms with Crippen molar-refractivity contribution in [1.82, 2.24) is 5.32 Å². The van der Waals surface area contributed by atoms with Gasteiger partial charge in [-0.3, -0.25) is 0 Å². The minimum absolute atomic E-state index is 0.189. The van der Waals surface area contributed by atoms with Crippen LogP contribution in [0.4, 0.5) is 0 Å². The zero-order valence-corrected chi connectivity index (χ0v) is 8.92. The lowest BCUT2D eigenvalue weighted by molar-refractivity contribution is 0.181. The first-order valence-corrected chi connectivity index (χ1v) is 5.44. The normalized spacial score (nSPS) is 20.1.